The van der Waals surface area contributed by atoms with E-state index in [0.717, 1.165) is 5.76 Å². The van der Waals surface area contributed by atoms with Gasteiger partial charge in [-0.3, -0.25) is 0 Å². The highest BCUT2D eigenvalue weighted by Gasteiger charge is 2.49. The average Bonchev–Trinajstić information content (AvgIpc) is 2.84. The van der Waals surface area contributed by atoms with Crippen LogP contribution in [0, 0.1) is 45.4 Å². The van der Waals surface area contributed by atoms with Crippen molar-refractivity contribution in [3.63, 3.8) is 0 Å². The summed E-state index contributed by atoms with van der Waals surface area (Å²) in [6.45, 7) is 30.7. The summed E-state index contributed by atoms with van der Waals surface area (Å²) in [5.41, 5.74) is 9.29. The summed E-state index contributed by atoms with van der Waals surface area (Å²) >= 11 is 0. The van der Waals surface area contributed by atoms with E-state index in [4.69, 9.17) is 4.74 Å². The van der Waals surface area contributed by atoms with Gasteiger partial charge in [-0.05, 0) is 81.5 Å². The maximum absolute atomic E-state index is 6.42. The number of hydrogen-bond acceptors (Lipinski definition) is 1. The molecule has 0 radical (unpaired) electrons. The van der Waals surface area contributed by atoms with Crippen molar-refractivity contribution in [1.29, 1.82) is 0 Å². The molecule has 0 saturated heterocycles. The number of hydrogen-bond donors (Lipinski definition) is 0. The fourth-order valence-electron chi connectivity index (χ4n) is 4.60. The van der Waals surface area contributed by atoms with Gasteiger partial charge in [0.05, 0.1) is 0 Å². The SMILES string of the molecule is C.C=C1OC(C(C)C)(C(C)C)c2c(C)c(C)c(C)c(C)c21.CC(C)=CC(C)C. The molecule has 2 rings (SSSR count). The van der Waals surface area contributed by atoms with Crippen LogP contribution in [-0.4, -0.2) is 0 Å². The van der Waals surface area contributed by atoms with Crippen molar-refractivity contribution in [2.75, 3.05) is 0 Å². The van der Waals surface area contributed by atoms with Crippen LogP contribution in [0.1, 0.15) is 96.2 Å². The molecule has 1 heteroatoms. The van der Waals surface area contributed by atoms with Gasteiger partial charge in [0.15, 0.2) is 0 Å². The molecule has 28 heavy (non-hydrogen) atoms. The van der Waals surface area contributed by atoms with Crippen molar-refractivity contribution in [2.45, 2.75) is 96.1 Å². The van der Waals surface area contributed by atoms with E-state index < -0.39 is 0 Å². The first-order valence-corrected chi connectivity index (χ1v) is 10.4. The highest BCUT2D eigenvalue weighted by Crippen LogP contribution is 2.54. The van der Waals surface area contributed by atoms with Crippen LogP contribution in [0.5, 0.6) is 0 Å². The molecule has 0 atom stereocenters. The summed E-state index contributed by atoms with van der Waals surface area (Å²) in [5.74, 6) is 2.40. The lowest BCUT2D eigenvalue weighted by Crippen LogP contribution is -2.38. The molecule has 1 aliphatic rings. The largest absolute Gasteiger partial charge is 0.482 e. The first kappa shape index (κ1) is 26.5. The minimum atomic E-state index is -0.236. The standard InChI is InChI=1S/C19H28O.C7H14.CH4/c1-10(2)19(11(3)4)18-15(8)13(6)12(5)14(7)17(18)16(9)20-19;1-6(2)5-7(3)4;/h10-11H,9H2,1-8H3;5-6H,1-4H3;1H4. The molecule has 160 valence electrons. The van der Waals surface area contributed by atoms with Gasteiger partial charge in [0.1, 0.15) is 11.4 Å². The Kier molecular flexibility index (Phi) is 9.28. The minimum Gasteiger partial charge on any atom is -0.482 e. The number of allylic oxidation sites excluding steroid dienone is 2. The fraction of sp³-hybridized carbons (Fsp3) is 0.630. The summed E-state index contributed by atoms with van der Waals surface area (Å²) in [7, 11) is 0. The van der Waals surface area contributed by atoms with Crippen LogP contribution in [0.2, 0.25) is 0 Å². The molecule has 0 saturated carbocycles. The van der Waals surface area contributed by atoms with Crippen molar-refractivity contribution in [3.8, 4) is 0 Å². The third kappa shape index (κ3) is 4.73. The molecule has 1 aliphatic heterocycles. The third-order valence-electron chi connectivity index (χ3n) is 6.03. The zero-order valence-corrected chi connectivity index (χ0v) is 19.9. The van der Waals surface area contributed by atoms with Gasteiger partial charge in [-0.2, -0.15) is 0 Å². The zero-order chi connectivity index (χ0) is 21.3. The van der Waals surface area contributed by atoms with Gasteiger partial charge in [0.2, 0.25) is 0 Å². The predicted octanol–water partition coefficient (Wildman–Crippen LogP) is 8.67. The van der Waals surface area contributed by atoms with Gasteiger partial charge in [0, 0.05) is 11.1 Å². The monoisotopic (exact) mass is 386 g/mol. The molecule has 1 heterocycles. The molecule has 0 amide bonds. The molecule has 1 aromatic rings. The topological polar surface area (TPSA) is 9.23 Å². The second kappa shape index (κ2) is 9.81. The second-order valence-electron chi connectivity index (χ2n) is 9.37. The highest BCUT2D eigenvalue weighted by atomic mass is 16.5. The Labute approximate surface area is 176 Å². The number of benzene rings is 1. The Morgan fingerprint density at radius 3 is 1.57 bits per heavy atom. The van der Waals surface area contributed by atoms with E-state index in [1.165, 1.54) is 39.0 Å². The third-order valence-corrected chi connectivity index (χ3v) is 6.03. The van der Waals surface area contributed by atoms with Gasteiger partial charge in [-0.15, -0.1) is 0 Å². The van der Waals surface area contributed by atoms with E-state index in [2.05, 4.69) is 95.7 Å². The lowest BCUT2D eigenvalue weighted by molar-refractivity contribution is -0.0384. The highest BCUT2D eigenvalue weighted by molar-refractivity contribution is 5.74. The lowest BCUT2D eigenvalue weighted by atomic mass is 9.71. The van der Waals surface area contributed by atoms with Crippen LogP contribution >= 0.6 is 0 Å². The van der Waals surface area contributed by atoms with E-state index in [1.54, 1.807) is 0 Å². The van der Waals surface area contributed by atoms with Gasteiger partial charge < -0.3 is 4.74 Å². The van der Waals surface area contributed by atoms with Gasteiger partial charge in [-0.25, -0.2) is 0 Å². The van der Waals surface area contributed by atoms with Gasteiger partial charge in [-0.1, -0.05) is 67.2 Å². The molecule has 0 bridgehead atoms. The molecule has 0 N–H and O–H groups in total. The van der Waals surface area contributed by atoms with E-state index in [1.807, 2.05) is 0 Å². The maximum Gasteiger partial charge on any atom is 0.139 e. The Morgan fingerprint density at radius 1 is 0.821 bits per heavy atom. The molecule has 1 aromatic carbocycles. The first-order valence-electron chi connectivity index (χ1n) is 10.4. The van der Waals surface area contributed by atoms with Crippen molar-refractivity contribution >= 4 is 5.76 Å². The molecule has 0 spiro atoms. The Hall–Kier alpha value is -1.50. The van der Waals surface area contributed by atoms with Gasteiger partial charge >= 0.3 is 0 Å². The fourth-order valence-corrected chi connectivity index (χ4v) is 4.60. The van der Waals surface area contributed by atoms with E-state index in [-0.39, 0.29) is 13.0 Å². The zero-order valence-electron chi connectivity index (χ0n) is 19.9. The van der Waals surface area contributed by atoms with Crippen molar-refractivity contribution in [3.05, 3.63) is 51.6 Å². The smallest absolute Gasteiger partial charge is 0.139 e. The van der Waals surface area contributed by atoms with E-state index >= 15 is 0 Å². The van der Waals surface area contributed by atoms with Crippen LogP contribution < -0.4 is 0 Å². The number of ether oxygens (including phenoxy) is 1. The van der Waals surface area contributed by atoms with Crippen molar-refractivity contribution in [2.24, 2.45) is 17.8 Å². The Morgan fingerprint density at radius 2 is 1.25 bits per heavy atom. The van der Waals surface area contributed by atoms with E-state index in [9.17, 15) is 0 Å². The first-order chi connectivity index (χ1) is 12.3. The normalized spacial score (nSPS) is 14.3. The van der Waals surface area contributed by atoms with Crippen LogP contribution in [0.3, 0.4) is 0 Å². The van der Waals surface area contributed by atoms with E-state index in [0.29, 0.717) is 17.8 Å². The molecule has 1 nitrogen and oxygen atoms in total. The number of rotatable bonds is 3. The van der Waals surface area contributed by atoms with Gasteiger partial charge in [0.25, 0.3) is 0 Å². The maximum atomic E-state index is 6.42. The van der Waals surface area contributed by atoms with Crippen LogP contribution in [0.4, 0.5) is 0 Å². The van der Waals surface area contributed by atoms with Crippen molar-refractivity contribution in [1.82, 2.24) is 0 Å². The molecular weight excluding hydrogens is 340 g/mol. The number of fused-ring (bicyclic) bond motifs is 1. The summed E-state index contributed by atoms with van der Waals surface area (Å²) in [6, 6.07) is 0. The second-order valence-corrected chi connectivity index (χ2v) is 9.37. The summed E-state index contributed by atoms with van der Waals surface area (Å²) in [5, 5.41) is 0. The molecule has 0 aliphatic carbocycles. The van der Waals surface area contributed by atoms with Crippen LogP contribution in [0.15, 0.2) is 18.2 Å². The van der Waals surface area contributed by atoms with Crippen molar-refractivity contribution < 1.29 is 4.74 Å². The Balaban J connectivity index is 0.000000786. The summed E-state index contributed by atoms with van der Waals surface area (Å²) < 4.78 is 6.42. The van der Waals surface area contributed by atoms with Crippen LogP contribution in [0.25, 0.3) is 5.76 Å². The molecule has 0 aromatic heterocycles. The predicted molar refractivity (Wildman–Crippen MR) is 128 cm³/mol. The molecular formula is C27H46O. The summed E-state index contributed by atoms with van der Waals surface area (Å²) in [6.07, 6.45) is 2.25. The average molecular weight is 387 g/mol. The molecule has 0 unspecified atom stereocenters. The Bertz CT molecular complexity index is 717. The lowest BCUT2D eigenvalue weighted by Gasteiger charge is -2.39. The summed E-state index contributed by atoms with van der Waals surface area (Å²) in [4.78, 5) is 0. The quantitative estimate of drug-likeness (QED) is 0.472. The molecule has 0 fully saturated rings. The minimum absolute atomic E-state index is 0. The van der Waals surface area contributed by atoms with Crippen LogP contribution in [-0.2, 0) is 10.3 Å².